The van der Waals surface area contributed by atoms with Crippen molar-refractivity contribution in [2.24, 2.45) is 4.99 Å². The number of nitro groups is 1. The molecule has 0 spiro atoms. The Labute approximate surface area is 154 Å². The van der Waals surface area contributed by atoms with Gasteiger partial charge in [0.25, 0.3) is 5.91 Å². The molecule has 26 heavy (non-hydrogen) atoms. The molecule has 0 aromatic heterocycles. The van der Waals surface area contributed by atoms with E-state index in [1.165, 1.54) is 17.3 Å². The highest BCUT2D eigenvalue weighted by atomic mass is 35.5. The van der Waals surface area contributed by atoms with Crippen LogP contribution in [0.25, 0.3) is 0 Å². The van der Waals surface area contributed by atoms with Gasteiger partial charge in [-0.15, -0.1) is 0 Å². The lowest BCUT2D eigenvalue weighted by Crippen LogP contribution is -2.18. The van der Waals surface area contributed by atoms with E-state index in [4.69, 9.17) is 11.6 Å². The van der Waals surface area contributed by atoms with E-state index in [-0.39, 0.29) is 16.9 Å². The van der Waals surface area contributed by atoms with E-state index in [1.807, 2.05) is 0 Å². The summed E-state index contributed by atoms with van der Waals surface area (Å²) < 4.78 is 0. The van der Waals surface area contributed by atoms with Crippen LogP contribution in [0.15, 0.2) is 72.0 Å². The van der Waals surface area contributed by atoms with Gasteiger partial charge in [-0.2, -0.15) is 0 Å². The first kappa shape index (κ1) is 17.4. The van der Waals surface area contributed by atoms with Gasteiger partial charge in [-0.3, -0.25) is 14.9 Å². The second kappa shape index (κ2) is 7.62. The number of nitrogens with zero attached hydrogens (tertiary/aromatic N) is 3. The van der Waals surface area contributed by atoms with E-state index in [0.717, 1.165) is 0 Å². The maximum atomic E-state index is 12.6. The van der Waals surface area contributed by atoms with Crippen molar-refractivity contribution in [2.45, 2.75) is 0 Å². The topological polar surface area (TPSA) is 87.8 Å². The molecule has 0 atom stereocenters. The van der Waals surface area contributed by atoms with Gasteiger partial charge in [0.05, 0.1) is 11.3 Å². The number of carbonyl (C=O) groups is 1. The van der Waals surface area contributed by atoms with Crippen molar-refractivity contribution in [3.63, 3.8) is 0 Å². The summed E-state index contributed by atoms with van der Waals surface area (Å²) in [4.78, 5) is 29.2. The summed E-state index contributed by atoms with van der Waals surface area (Å²) in [6, 6.07) is 11.0. The number of aliphatic imine (C=N–C) groups is 1. The van der Waals surface area contributed by atoms with Crippen LogP contribution in [0.1, 0.15) is 10.4 Å². The third kappa shape index (κ3) is 3.79. The van der Waals surface area contributed by atoms with Crippen molar-refractivity contribution in [1.82, 2.24) is 0 Å². The Morgan fingerprint density at radius 3 is 2.65 bits per heavy atom. The minimum absolute atomic E-state index is 0.0542. The van der Waals surface area contributed by atoms with Crippen molar-refractivity contribution in [1.29, 1.82) is 0 Å². The second-order valence-electron chi connectivity index (χ2n) is 5.25. The minimum Gasteiger partial charge on any atom is -0.322 e. The van der Waals surface area contributed by atoms with Gasteiger partial charge in [0.1, 0.15) is 11.3 Å². The van der Waals surface area contributed by atoms with Gasteiger partial charge < -0.3 is 10.2 Å². The van der Waals surface area contributed by atoms with Crippen LogP contribution in [-0.4, -0.2) is 17.2 Å². The molecule has 0 aliphatic carbocycles. The molecule has 1 aliphatic rings. The second-order valence-corrected chi connectivity index (χ2v) is 5.68. The van der Waals surface area contributed by atoms with Gasteiger partial charge in [0, 0.05) is 23.1 Å². The number of halogens is 1. The number of para-hydroxylation sites is 1. The van der Waals surface area contributed by atoms with Crippen molar-refractivity contribution in [3.05, 3.63) is 87.7 Å². The number of nitrogens with one attached hydrogen (secondary N) is 1. The van der Waals surface area contributed by atoms with Crippen LogP contribution in [0.4, 0.5) is 17.1 Å². The molecule has 2 aromatic rings. The number of hydrogen-bond acceptors (Lipinski definition) is 5. The van der Waals surface area contributed by atoms with Gasteiger partial charge in [-0.25, -0.2) is 4.99 Å². The molecule has 1 amide bonds. The predicted molar refractivity (Wildman–Crippen MR) is 102 cm³/mol. The molecule has 0 fully saturated rings. The molecule has 0 saturated carbocycles. The summed E-state index contributed by atoms with van der Waals surface area (Å²) in [6.45, 7) is 0. The molecular weight excluding hydrogens is 356 g/mol. The molecule has 3 rings (SSSR count). The first-order chi connectivity index (χ1) is 12.6. The van der Waals surface area contributed by atoms with Gasteiger partial charge >= 0.3 is 5.69 Å². The fraction of sp³-hybridized carbons (Fsp3) is 0. The lowest BCUT2D eigenvalue weighted by Gasteiger charge is -2.15. The number of rotatable bonds is 4. The Balaban J connectivity index is 1.98. The highest BCUT2D eigenvalue weighted by Gasteiger charge is 2.26. The highest BCUT2D eigenvalue weighted by Crippen LogP contribution is 2.32. The number of hydrogen-bond donors (Lipinski definition) is 1. The molecule has 0 bridgehead atoms. The summed E-state index contributed by atoms with van der Waals surface area (Å²) >= 11 is 5.82. The van der Waals surface area contributed by atoms with Crippen LogP contribution < -0.4 is 10.2 Å². The zero-order valence-electron chi connectivity index (χ0n) is 13.4. The largest absolute Gasteiger partial charge is 0.322 e. The Morgan fingerprint density at radius 2 is 1.92 bits per heavy atom. The summed E-state index contributed by atoms with van der Waals surface area (Å²) in [5.41, 5.74) is 0.361. The summed E-state index contributed by atoms with van der Waals surface area (Å²) in [5.74, 6) is -0.588. The van der Waals surface area contributed by atoms with E-state index < -0.39 is 10.8 Å². The van der Waals surface area contributed by atoms with Crippen molar-refractivity contribution in [3.8, 4) is 0 Å². The lowest BCUT2D eigenvalue weighted by atomic mass is 10.1. The molecule has 8 heteroatoms. The Kier molecular flexibility index (Phi) is 5.09. The standard InChI is InChI=1S/C18H13ClN4O3/c19-13-6-8-14(9-7-13)21-18(24)15-4-3-5-16(17(15)23(25)26)22-11-2-1-10-20-12-22/h1-12H,(H,21,24). The van der Waals surface area contributed by atoms with Gasteiger partial charge in [0.15, 0.2) is 0 Å². The van der Waals surface area contributed by atoms with Crippen LogP contribution in [-0.2, 0) is 0 Å². The SMILES string of the molecule is O=C(Nc1ccc(Cl)cc1)c1cccc(N2C=CC=CN=C2)c1[N+](=O)[O-]. The average molecular weight is 369 g/mol. The van der Waals surface area contributed by atoms with Crippen LogP contribution >= 0.6 is 11.6 Å². The van der Waals surface area contributed by atoms with Crippen molar-refractivity contribution in [2.75, 3.05) is 10.2 Å². The molecule has 2 aromatic carbocycles. The normalized spacial score (nSPS) is 12.7. The van der Waals surface area contributed by atoms with Gasteiger partial charge in [-0.05, 0) is 48.6 Å². The van der Waals surface area contributed by atoms with Crippen LogP contribution in [0.5, 0.6) is 0 Å². The fourth-order valence-corrected chi connectivity index (χ4v) is 2.51. The first-order valence-electron chi connectivity index (χ1n) is 7.55. The molecule has 0 unspecified atom stereocenters. The molecular formula is C18H13ClN4O3. The Morgan fingerprint density at radius 1 is 1.15 bits per heavy atom. The van der Waals surface area contributed by atoms with E-state index in [9.17, 15) is 14.9 Å². The number of anilines is 2. The molecule has 0 saturated heterocycles. The lowest BCUT2D eigenvalue weighted by molar-refractivity contribution is -0.384. The Bertz CT molecular complexity index is 920. The van der Waals surface area contributed by atoms with E-state index >= 15 is 0 Å². The molecule has 7 nitrogen and oxygen atoms in total. The average Bonchev–Trinajstić information content (AvgIpc) is 2.92. The number of amides is 1. The van der Waals surface area contributed by atoms with Crippen LogP contribution in [0.3, 0.4) is 0 Å². The molecule has 1 aliphatic heterocycles. The van der Waals surface area contributed by atoms with Gasteiger partial charge in [0.2, 0.25) is 0 Å². The number of nitro benzene ring substituents is 1. The third-order valence-corrected chi connectivity index (χ3v) is 3.80. The number of allylic oxidation sites excluding steroid dienone is 2. The van der Waals surface area contributed by atoms with Crippen LogP contribution in [0, 0.1) is 10.1 Å². The highest BCUT2D eigenvalue weighted by molar-refractivity contribution is 6.30. The monoisotopic (exact) mass is 368 g/mol. The van der Waals surface area contributed by atoms with E-state index in [2.05, 4.69) is 10.3 Å². The van der Waals surface area contributed by atoms with E-state index in [1.54, 1.807) is 61.0 Å². The zero-order chi connectivity index (χ0) is 18.5. The molecule has 0 radical (unpaired) electrons. The first-order valence-corrected chi connectivity index (χ1v) is 7.93. The van der Waals surface area contributed by atoms with Gasteiger partial charge in [-0.1, -0.05) is 17.7 Å². The maximum absolute atomic E-state index is 12.6. The maximum Gasteiger partial charge on any atom is 0.305 e. The number of carbonyl (C=O) groups excluding carboxylic acids is 1. The Hall–Kier alpha value is -3.45. The zero-order valence-corrected chi connectivity index (χ0v) is 14.1. The summed E-state index contributed by atoms with van der Waals surface area (Å²) in [6.07, 6.45) is 8.00. The fourth-order valence-electron chi connectivity index (χ4n) is 2.38. The predicted octanol–water partition coefficient (Wildman–Crippen LogP) is 4.38. The smallest absolute Gasteiger partial charge is 0.305 e. The summed E-state index contributed by atoms with van der Waals surface area (Å²) in [5, 5.41) is 14.8. The third-order valence-electron chi connectivity index (χ3n) is 3.54. The summed E-state index contributed by atoms with van der Waals surface area (Å²) in [7, 11) is 0. The van der Waals surface area contributed by atoms with Crippen molar-refractivity contribution >= 4 is 40.9 Å². The minimum atomic E-state index is -0.588. The molecule has 130 valence electrons. The molecule has 1 heterocycles. The quantitative estimate of drug-likeness (QED) is 0.640. The number of benzene rings is 2. The van der Waals surface area contributed by atoms with Crippen LogP contribution in [0.2, 0.25) is 5.02 Å². The van der Waals surface area contributed by atoms with Crippen molar-refractivity contribution < 1.29 is 9.72 Å². The van der Waals surface area contributed by atoms with E-state index in [0.29, 0.717) is 10.7 Å². The molecule has 1 N–H and O–H groups in total.